The number of carboxylic acid groups (broad SMARTS) is 1. The highest BCUT2D eigenvalue weighted by Crippen LogP contribution is 2.23. The first-order valence-corrected chi connectivity index (χ1v) is 6.59. The van der Waals surface area contributed by atoms with Crippen LogP contribution in [0, 0.1) is 12.3 Å². The van der Waals surface area contributed by atoms with E-state index < -0.39 is 11.4 Å². The molecule has 4 heteroatoms. The third-order valence-electron chi connectivity index (χ3n) is 3.27. The molecule has 0 aliphatic heterocycles. The van der Waals surface area contributed by atoms with Crippen LogP contribution < -0.4 is 5.32 Å². The topological polar surface area (TPSA) is 66.4 Å². The molecule has 108 valence electrons. The number of carboxylic acids is 1. The Kier molecular flexibility index (Phi) is 5.08. The second kappa shape index (κ2) is 6.37. The Bertz CT molecular complexity index is 545. The summed E-state index contributed by atoms with van der Waals surface area (Å²) in [5.41, 5.74) is 1.96. The van der Waals surface area contributed by atoms with Crippen molar-refractivity contribution in [3.8, 4) is 0 Å². The van der Waals surface area contributed by atoms with Gasteiger partial charge in [-0.15, -0.1) is 0 Å². The minimum atomic E-state index is -0.996. The second-order valence-corrected chi connectivity index (χ2v) is 5.50. The van der Waals surface area contributed by atoms with Gasteiger partial charge in [-0.2, -0.15) is 0 Å². The lowest BCUT2D eigenvalue weighted by Crippen LogP contribution is -2.30. The summed E-state index contributed by atoms with van der Waals surface area (Å²) in [5, 5.41) is 11.5. The summed E-state index contributed by atoms with van der Waals surface area (Å²) in [6.45, 7) is 7.66. The smallest absolute Gasteiger partial charge is 0.328 e. The first-order valence-electron chi connectivity index (χ1n) is 6.59. The summed E-state index contributed by atoms with van der Waals surface area (Å²) < 4.78 is 0. The summed E-state index contributed by atoms with van der Waals surface area (Å²) in [4.78, 5) is 22.7. The van der Waals surface area contributed by atoms with Crippen LogP contribution in [0.25, 0.3) is 6.08 Å². The van der Waals surface area contributed by atoms with Crippen LogP contribution in [0.4, 0.5) is 5.69 Å². The molecule has 0 aromatic heterocycles. The molecule has 0 aliphatic rings. The first kappa shape index (κ1) is 16.0. The lowest BCUT2D eigenvalue weighted by molar-refractivity contribution is -0.131. The van der Waals surface area contributed by atoms with Gasteiger partial charge in [-0.05, 0) is 42.7 Å². The number of nitrogens with one attached hydrogen (secondary N) is 1. The Morgan fingerprint density at radius 1 is 1.30 bits per heavy atom. The van der Waals surface area contributed by atoms with Gasteiger partial charge in [0.15, 0.2) is 0 Å². The minimum absolute atomic E-state index is 0.0428. The van der Waals surface area contributed by atoms with Crippen LogP contribution in [0.1, 0.15) is 38.3 Å². The number of benzene rings is 1. The molecular weight excluding hydrogens is 254 g/mol. The summed E-state index contributed by atoms with van der Waals surface area (Å²) in [7, 11) is 0. The molecule has 0 saturated carbocycles. The van der Waals surface area contributed by atoms with E-state index in [1.165, 1.54) is 6.08 Å². The van der Waals surface area contributed by atoms with E-state index >= 15 is 0 Å². The SMILES string of the molecule is CCC(C)(C)C(=O)Nc1cc(C)cc(/C=C/C(=O)O)c1. The van der Waals surface area contributed by atoms with Crippen molar-refractivity contribution in [1.29, 1.82) is 0 Å². The standard InChI is InChI=1S/C16H21NO3/c1-5-16(3,4)15(20)17-13-9-11(2)8-12(10-13)6-7-14(18)19/h6-10H,5H2,1-4H3,(H,17,20)(H,18,19)/b7-6+. The quantitative estimate of drug-likeness (QED) is 0.809. The van der Waals surface area contributed by atoms with Gasteiger partial charge in [0.25, 0.3) is 0 Å². The normalized spacial score (nSPS) is 11.6. The van der Waals surface area contributed by atoms with E-state index in [4.69, 9.17) is 5.11 Å². The summed E-state index contributed by atoms with van der Waals surface area (Å²) >= 11 is 0. The number of hydrogen-bond acceptors (Lipinski definition) is 2. The number of aryl methyl sites for hydroxylation is 1. The molecule has 20 heavy (non-hydrogen) atoms. The van der Waals surface area contributed by atoms with Gasteiger partial charge < -0.3 is 10.4 Å². The maximum atomic E-state index is 12.1. The van der Waals surface area contributed by atoms with Crippen LogP contribution in [0.3, 0.4) is 0 Å². The Morgan fingerprint density at radius 3 is 2.50 bits per heavy atom. The largest absolute Gasteiger partial charge is 0.478 e. The summed E-state index contributed by atoms with van der Waals surface area (Å²) in [6, 6.07) is 5.48. The fraction of sp³-hybridized carbons (Fsp3) is 0.375. The third kappa shape index (κ3) is 4.53. The van der Waals surface area contributed by atoms with Crippen LogP contribution in [0.5, 0.6) is 0 Å². The van der Waals surface area contributed by atoms with E-state index in [1.807, 2.05) is 39.8 Å². The second-order valence-electron chi connectivity index (χ2n) is 5.50. The van der Waals surface area contributed by atoms with Crippen LogP contribution in [0.2, 0.25) is 0 Å². The molecule has 2 N–H and O–H groups in total. The van der Waals surface area contributed by atoms with Crippen molar-refractivity contribution in [3.05, 3.63) is 35.4 Å². The average Bonchev–Trinajstić information content (AvgIpc) is 2.35. The Labute approximate surface area is 119 Å². The van der Waals surface area contributed by atoms with Crippen molar-refractivity contribution < 1.29 is 14.7 Å². The van der Waals surface area contributed by atoms with Crippen molar-refractivity contribution in [2.45, 2.75) is 34.1 Å². The Hall–Kier alpha value is -2.10. The van der Waals surface area contributed by atoms with Gasteiger partial charge in [-0.1, -0.05) is 26.8 Å². The van der Waals surface area contributed by atoms with E-state index in [2.05, 4.69) is 5.32 Å². The van der Waals surface area contributed by atoms with Gasteiger partial charge in [0.2, 0.25) is 5.91 Å². The van der Waals surface area contributed by atoms with Gasteiger partial charge in [-0.3, -0.25) is 4.79 Å². The van der Waals surface area contributed by atoms with E-state index in [9.17, 15) is 9.59 Å². The molecular formula is C16H21NO3. The molecule has 0 aliphatic carbocycles. The minimum Gasteiger partial charge on any atom is -0.478 e. The average molecular weight is 275 g/mol. The number of rotatable bonds is 5. The van der Waals surface area contributed by atoms with Crippen molar-refractivity contribution in [2.24, 2.45) is 5.41 Å². The van der Waals surface area contributed by atoms with Crippen molar-refractivity contribution in [3.63, 3.8) is 0 Å². The van der Waals surface area contributed by atoms with E-state index in [0.29, 0.717) is 5.69 Å². The van der Waals surface area contributed by atoms with Crippen LogP contribution in [-0.2, 0) is 9.59 Å². The van der Waals surface area contributed by atoms with Crippen molar-refractivity contribution in [2.75, 3.05) is 5.32 Å². The Balaban J connectivity index is 2.97. The van der Waals surface area contributed by atoms with Crippen LogP contribution >= 0.6 is 0 Å². The summed E-state index contributed by atoms with van der Waals surface area (Å²) in [6.07, 6.45) is 3.34. The zero-order chi connectivity index (χ0) is 15.3. The molecule has 0 radical (unpaired) electrons. The lowest BCUT2D eigenvalue weighted by Gasteiger charge is -2.21. The third-order valence-corrected chi connectivity index (χ3v) is 3.27. The van der Waals surface area contributed by atoms with Gasteiger partial charge in [0.1, 0.15) is 0 Å². The number of anilines is 1. The number of aliphatic carboxylic acids is 1. The fourth-order valence-electron chi connectivity index (χ4n) is 1.61. The van der Waals surface area contributed by atoms with Gasteiger partial charge in [0.05, 0.1) is 0 Å². The molecule has 1 rings (SSSR count). The monoisotopic (exact) mass is 275 g/mol. The molecule has 0 bridgehead atoms. The van der Waals surface area contributed by atoms with Gasteiger partial charge >= 0.3 is 5.97 Å². The molecule has 1 amide bonds. The zero-order valence-electron chi connectivity index (χ0n) is 12.4. The predicted molar refractivity (Wildman–Crippen MR) is 80.6 cm³/mol. The Morgan fingerprint density at radius 2 is 1.95 bits per heavy atom. The predicted octanol–water partition coefficient (Wildman–Crippen LogP) is 3.47. The van der Waals surface area contributed by atoms with Crippen molar-refractivity contribution in [1.82, 2.24) is 0 Å². The molecule has 0 unspecified atom stereocenters. The van der Waals surface area contributed by atoms with Crippen molar-refractivity contribution >= 4 is 23.6 Å². The van der Waals surface area contributed by atoms with Crippen LogP contribution in [0.15, 0.2) is 24.3 Å². The molecule has 0 atom stereocenters. The van der Waals surface area contributed by atoms with Gasteiger partial charge in [-0.25, -0.2) is 4.79 Å². The molecule has 0 heterocycles. The summed E-state index contributed by atoms with van der Waals surface area (Å²) in [5.74, 6) is -1.04. The highest BCUT2D eigenvalue weighted by molar-refractivity contribution is 5.95. The molecule has 0 saturated heterocycles. The fourth-order valence-corrected chi connectivity index (χ4v) is 1.61. The highest BCUT2D eigenvalue weighted by atomic mass is 16.4. The lowest BCUT2D eigenvalue weighted by atomic mass is 9.89. The molecule has 0 spiro atoms. The number of carbonyl (C=O) groups excluding carboxylic acids is 1. The van der Waals surface area contributed by atoms with E-state index in [-0.39, 0.29) is 5.91 Å². The zero-order valence-corrected chi connectivity index (χ0v) is 12.4. The number of hydrogen-bond donors (Lipinski definition) is 2. The van der Waals surface area contributed by atoms with E-state index in [0.717, 1.165) is 23.6 Å². The maximum absolute atomic E-state index is 12.1. The van der Waals surface area contributed by atoms with Crippen LogP contribution in [-0.4, -0.2) is 17.0 Å². The maximum Gasteiger partial charge on any atom is 0.328 e. The molecule has 1 aromatic rings. The highest BCUT2D eigenvalue weighted by Gasteiger charge is 2.25. The number of carbonyl (C=O) groups is 2. The first-order chi connectivity index (χ1) is 9.24. The number of amides is 1. The van der Waals surface area contributed by atoms with E-state index in [1.54, 1.807) is 6.07 Å². The van der Waals surface area contributed by atoms with Gasteiger partial charge in [0, 0.05) is 17.2 Å². The molecule has 4 nitrogen and oxygen atoms in total. The molecule has 0 fully saturated rings. The molecule has 1 aromatic carbocycles.